The molecule has 4 heteroatoms. The number of hydrogen-bond donors (Lipinski definition) is 0. The van der Waals surface area contributed by atoms with Crippen molar-refractivity contribution in [2.75, 3.05) is 12.3 Å². The van der Waals surface area contributed by atoms with Crippen molar-refractivity contribution in [1.82, 2.24) is 4.90 Å². The maximum Gasteiger partial charge on any atom is 0.239 e. The highest BCUT2D eigenvalue weighted by molar-refractivity contribution is 8.15. The Bertz CT molecular complexity index is 760. The van der Waals surface area contributed by atoms with Gasteiger partial charge < -0.3 is 0 Å². The lowest BCUT2D eigenvalue weighted by Crippen LogP contribution is -2.31. The zero-order valence-electron chi connectivity index (χ0n) is 14.4. The topological polar surface area (TPSA) is 32.7 Å². The van der Waals surface area contributed by atoms with E-state index in [0.29, 0.717) is 12.3 Å². The largest absolute Gasteiger partial charge is 0.290 e. The Hall–Kier alpha value is -2.07. The SMILES string of the molecule is Cc1cc(C)c(N=C2SCC(=O)N2CCc2ccccc2)c(C)c1. The number of aryl methyl sites for hydroxylation is 3. The number of nitrogens with zero attached hydrogens (tertiary/aromatic N) is 2. The second kappa shape index (κ2) is 7.22. The predicted octanol–water partition coefficient (Wildman–Crippen LogP) is 4.42. The summed E-state index contributed by atoms with van der Waals surface area (Å²) in [6, 6.07) is 14.5. The average molecular weight is 338 g/mol. The molecule has 3 nitrogen and oxygen atoms in total. The van der Waals surface area contributed by atoms with Crippen LogP contribution in [0.15, 0.2) is 47.5 Å². The van der Waals surface area contributed by atoms with E-state index in [-0.39, 0.29) is 5.91 Å². The minimum atomic E-state index is 0.150. The molecule has 1 fully saturated rings. The van der Waals surface area contributed by atoms with Crippen LogP contribution in [0.4, 0.5) is 5.69 Å². The van der Waals surface area contributed by atoms with Gasteiger partial charge in [-0.3, -0.25) is 9.69 Å². The Balaban J connectivity index is 1.83. The molecule has 1 heterocycles. The van der Waals surface area contributed by atoms with Crippen molar-refractivity contribution in [2.24, 2.45) is 4.99 Å². The van der Waals surface area contributed by atoms with Crippen LogP contribution in [0.25, 0.3) is 0 Å². The van der Waals surface area contributed by atoms with Crippen LogP contribution in [0.3, 0.4) is 0 Å². The molecule has 2 aromatic carbocycles. The summed E-state index contributed by atoms with van der Waals surface area (Å²) in [5, 5.41) is 0.825. The fourth-order valence-electron chi connectivity index (χ4n) is 3.03. The van der Waals surface area contributed by atoms with Gasteiger partial charge in [0.2, 0.25) is 5.91 Å². The normalized spacial score (nSPS) is 16.2. The Morgan fingerprint density at radius 1 is 1.08 bits per heavy atom. The lowest BCUT2D eigenvalue weighted by atomic mass is 10.1. The van der Waals surface area contributed by atoms with Crippen molar-refractivity contribution < 1.29 is 4.79 Å². The number of thioether (sulfide) groups is 1. The summed E-state index contributed by atoms with van der Waals surface area (Å²) >= 11 is 1.54. The molecule has 0 atom stereocenters. The first-order valence-corrected chi connectivity index (χ1v) is 9.17. The maximum atomic E-state index is 12.2. The summed E-state index contributed by atoms with van der Waals surface area (Å²) in [6.45, 7) is 6.93. The first-order chi connectivity index (χ1) is 11.5. The third-order valence-electron chi connectivity index (χ3n) is 4.17. The number of hydrogen-bond acceptors (Lipinski definition) is 3. The van der Waals surface area contributed by atoms with Gasteiger partial charge in [-0.2, -0.15) is 0 Å². The van der Waals surface area contributed by atoms with E-state index in [2.05, 4.69) is 45.0 Å². The van der Waals surface area contributed by atoms with Crippen LogP contribution >= 0.6 is 11.8 Å². The van der Waals surface area contributed by atoms with Crippen molar-refractivity contribution in [1.29, 1.82) is 0 Å². The van der Waals surface area contributed by atoms with Crippen molar-refractivity contribution in [2.45, 2.75) is 27.2 Å². The first-order valence-electron chi connectivity index (χ1n) is 8.18. The maximum absolute atomic E-state index is 12.2. The number of aliphatic imine (C=N–C) groups is 1. The second-order valence-electron chi connectivity index (χ2n) is 6.21. The molecule has 0 N–H and O–H groups in total. The van der Waals surface area contributed by atoms with E-state index in [4.69, 9.17) is 4.99 Å². The van der Waals surface area contributed by atoms with E-state index in [1.54, 1.807) is 0 Å². The third-order valence-corrected chi connectivity index (χ3v) is 5.13. The standard InChI is InChI=1S/C20H22N2OS/c1-14-11-15(2)19(16(3)12-14)21-20-22(18(23)13-24-20)10-9-17-7-5-4-6-8-17/h4-8,11-12H,9-10,13H2,1-3H3. The molecule has 0 radical (unpaired) electrons. The fourth-order valence-corrected chi connectivity index (χ4v) is 3.94. The van der Waals surface area contributed by atoms with Gasteiger partial charge in [0.05, 0.1) is 11.4 Å². The molecule has 1 amide bonds. The smallest absolute Gasteiger partial charge is 0.239 e. The summed E-state index contributed by atoms with van der Waals surface area (Å²) in [5.41, 5.74) is 5.78. The van der Waals surface area contributed by atoms with E-state index in [1.165, 1.54) is 22.9 Å². The molecule has 1 aliphatic heterocycles. The summed E-state index contributed by atoms with van der Waals surface area (Å²) in [5.74, 6) is 0.634. The Morgan fingerprint density at radius 2 is 1.75 bits per heavy atom. The molecule has 0 unspecified atom stereocenters. The average Bonchev–Trinajstić information content (AvgIpc) is 2.90. The van der Waals surface area contributed by atoms with Crippen LogP contribution < -0.4 is 0 Å². The second-order valence-corrected chi connectivity index (χ2v) is 7.15. The van der Waals surface area contributed by atoms with Gasteiger partial charge in [-0.1, -0.05) is 59.8 Å². The van der Waals surface area contributed by atoms with Crippen molar-refractivity contribution in [3.05, 3.63) is 64.7 Å². The molecule has 24 heavy (non-hydrogen) atoms. The number of amides is 1. The van der Waals surface area contributed by atoms with E-state index in [1.807, 2.05) is 23.1 Å². The van der Waals surface area contributed by atoms with Crippen LogP contribution in [-0.4, -0.2) is 28.3 Å². The van der Waals surface area contributed by atoms with E-state index in [0.717, 1.165) is 28.4 Å². The monoisotopic (exact) mass is 338 g/mol. The number of amidine groups is 1. The predicted molar refractivity (Wildman–Crippen MR) is 102 cm³/mol. The van der Waals surface area contributed by atoms with Crippen LogP contribution in [0, 0.1) is 20.8 Å². The Labute approximate surface area is 147 Å². The molecule has 124 valence electrons. The van der Waals surface area contributed by atoms with Gasteiger partial charge in [-0.25, -0.2) is 4.99 Å². The molecule has 0 spiro atoms. The highest BCUT2D eigenvalue weighted by Gasteiger charge is 2.28. The summed E-state index contributed by atoms with van der Waals surface area (Å²) in [7, 11) is 0. The molecular weight excluding hydrogens is 316 g/mol. The van der Waals surface area contributed by atoms with Gasteiger partial charge in [0, 0.05) is 6.54 Å². The molecule has 1 saturated heterocycles. The van der Waals surface area contributed by atoms with Crippen LogP contribution in [0.2, 0.25) is 0 Å². The molecule has 0 aromatic heterocycles. The minimum absolute atomic E-state index is 0.150. The van der Waals surface area contributed by atoms with Crippen LogP contribution in [0.1, 0.15) is 22.3 Å². The number of carbonyl (C=O) groups excluding carboxylic acids is 1. The molecule has 1 aliphatic rings. The van der Waals surface area contributed by atoms with Crippen LogP contribution in [0.5, 0.6) is 0 Å². The molecular formula is C20H22N2OS. The molecule has 3 rings (SSSR count). The quantitative estimate of drug-likeness (QED) is 0.827. The summed E-state index contributed by atoms with van der Waals surface area (Å²) in [4.78, 5) is 18.9. The van der Waals surface area contributed by atoms with Gasteiger partial charge >= 0.3 is 0 Å². The number of benzene rings is 2. The zero-order chi connectivity index (χ0) is 17.1. The highest BCUT2D eigenvalue weighted by Crippen LogP contribution is 2.29. The van der Waals surface area contributed by atoms with Crippen LogP contribution in [-0.2, 0) is 11.2 Å². The van der Waals surface area contributed by atoms with Gasteiger partial charge in [0.15, 0.2) is 5.17 Å². The zero-order valence-corrected chi connectivity index (χ0v) is 15.2. The lowest BCUT2D eigenvalue weighted by Gasteiger charge is -2.17. The molecule has 0 bridgehead atoms. The van der Waals surface area contributed by atoms with Crippen molar-refractivity contribution in [3.63, 3.8) is 0 Å². The Morgan fingerprint density at radius 3 is 2.42 bits per heavy atom. The summed E-state index contributed by atoms with van der Waals surface area (Å²) in [6.07, 6.45) is 0.845. The van der Waals surface area contributed by atoms with Crippen molar-refractivity contribution in [3.8, 4) is 0 Å². The van der Waals surface area contributed by atoms with Gasteiger partial charge in [-0.15, -0.1) is 0 Å². The number of carbonyl (C=O) groups is 1. The van der Waals surface area contributed by atoms with Gasteiger partial charge in [0.25, 0.3) is 0 Å². The highest BCUT2D eigenvalue weighted by atomic mass is 32.2. The van der Waals surface area contributed by atoms with E-state index < -0.39 is 0 Å². The third kappa shape index (κ3) is 3.70. The van der Waals surface area contributed by atoms with Crippen molar-refractivity contribution >= 4 is 28.5 Å². The number of rotatable bonds is 4. The molecule has 0 aliphatic carbocycles. The Kier molecular flexibility index (Phi) is 5.05. The lowest BCUT2D eigenvalue weighted by molar-refractivity contribution is -0.124. The summed E-state index contributed by atoms with van der Waals surface area (Å²) < 4.78 is 0. The first kappa shape index (κ1) is 16.8. The van der Waals surface area contributed by atoms with Gasteiger partial charge in [-0.05, 0) is 43.9 Å². The minimum Gasteiger partial charge on any atom is -0.290 e. The van der Waals surface area contributed by atoms with E-state index >= 15 is 0 Å². The fraction of sp³-hybridized carbons (Fsp3) is 0.300. The van der Waals surface area contributed by atoms with E-state index in [9.17, 15) is 4.79 Å². The molecule has 0 saturated carbocycles. The van der Waals surface area contributed by atoms with Gasteiger partial charge in [0.1, 0.15) is 0 Å². The molecule has 2 aromatic rings.